The predicted molar refractivity (Wildman–Crippen MR) is 97.4 cm³/mol. The third-order valence-electron chi connectivity index (χ3n) is 4.23. The summed E-state index contributed by atoms with van der Waals surface area (Å²) in [6.45, 7) is 4.25. The highest BCUT2D eigenvalue weighted by Crippen LogP contribution is 2.27. The Morgan fingerprint density at radius 3 is 2.48 bits per heavy atom. The molecule has 1 amide bonds. The van der Waals surface area contributed by atoms with Crippen molar-refractivity contribution in [2.45, 2.75) is 0 Å². The van der Waals surface area contributed by atoms with Crippen LogP contribution >= 0.6 is 15.9 Å². The van der Waals surface area contributed by atoms with E-state index in [0.717, 1.165) is 42.0 Å². The van der Waals surface area contributed by atoms with Gasteiger partial charge in [0.2, 0.25) is 0 Å². The summed E-state index contributed by atoms with van der Waals surface area (Å²) < 4.78 is 0.804. The second kappa shape index (κ2) is 7.15. The molecule has 1 saturated heterocycles. The zero-order chi connectivity index (χ0) is 16.2. The molecule has 1 heterocycles. The van der Waals surface area contributed by atoms with Gasteiger partial charge in [0.15, 0.2) is 0 Å². The topological polar surface area (TPSA) is 36.8 Å². The Kier molecular flexibility index (Phi) is 4.98. The molecule has 0 spiro atoms. The number of hydrogen-bond acceptors (Lipinski definition) is 2. The van der Waals surface area contributed by atoms with Crippen molar-refractivity contribution in [2.24, 2.45) is 0 Å². The molecule has 0 bridgehead atoms. The number of benzene rings is 2. The minimum atomic E-state index is -0.0929. The van der Waals surface area contributed by atoms with Crippen LogP contribution in [0, 0.1) is 0 Å². The van der Waals surface area contributed by atoms with Gasteiger partial charge in [-0.05, 0) is 40.2 Å². The molecule has 2 N–H and O–H groups in total. The van der Waals surface area contributed by atoms with Crippen LogP contribution in [0.4, 0.5) is 11.4 Å². The normalized spacial score (nSPS) is 15.5. The standard InChI is InChI=1S/C18H20BrN3O/c1-21-10-12-22(13-11-21)17-9-5-4-8-16(17)20-18(23)14-6-2-3-7-15(14)19/h2-9H,10-13H2,1H3,(H,20,23)/p+1. The fourth-order valence-electron chi connectivity index (χ4n) is 2.82. The fraction of sp³-hybridized carbons (Fsp3) is 0.278. The number of anilines is 2. The summed E-state index contributed by atoms with van der Waals surface area (Å²) in [7, 11) is 2.22. The van der Waals surface area contributed by atoms with Crippen LogP contribution in [0.15, 0.2) is 53.0 Å². The van der Waals surface area contributed by atoms with Gasteiger partial charge in [-0.3, -0.25) is 4.79 Å². The lowest BCUT2D eigenvalue weighted by Crippen LogP contribution is -3.12. The number of para-hydroxylation sites is 2. The van der Waals surface area contributed by atoms with E-state index in [0.29, 0.717) is 5.56 Å². The molecule has 1 fully saturated rings. The maximum atomic E-state index is 12.6. The van der Waals surface area contributed by atoms with Crippen LogP contribution in [-0.4, -0.2) is 39.1 Å². The van der Waals surface area contributed by atoms with Crippen molar-refractivity contribution in [1.82, 2.24) is 0 Å². The lowest BCUT2D eigenvalue weighted by atomic mass is 10.2. The number of rotatable bonds is 3. The first-order valence-electron chi connectivity index (χ1n) is 7.86. The molecule has 4 nitrogen and oxygen atoms in total. The molecule has 0 saturated carbocycles. The molecule has 0 radical (unpaired) electrons. The Hall–Kier alpha value is -1.85. The van der Waals surface area contributed by atoms with Crippen LogP contribution in [0.2, 0.25) is 0 Å². The Morgan fingerprint density at radius 1 is 1.09 bits per heavy atom. The largest absolute Gasteiger partial charge is 0.359 e. The molecule has 0 atom stereocenters. The number of carbonyl (C=O) groups is 1. The second-order valence-electron chi connectivity index (χ2n) is 5.90. The third kappa shape index (κ3) is 3.74. The number of carbonyl (C=O) groups excluding carboxylic acids is 1. The third-order valence-corrected chi connectivity index (χ3v) is 4.92. The molecule has 1 aliphatic rings. The van der Waals surface area contributed by atoms with Gasteiger partial charge in [-0.2, -0.15) is 0 Å². The number of piperazine rings is 1. The number of likely N-dealkylation sites (N-methyl/N-ethyl adjacent to an activating group) is 1. The molecule has 120 valence electrons. The Labute approximate surface area is 145 Å². The van der Waals surface area contributed by atoms with Crippen molar-refractivity contribution in [2.75, 3.05) is 43.4 Å². The highest BCUT2D eigenvalue weighted by molar-refractivity contribution is 9.10. The number of nitrogens with zero attached hydrogens (tertiary/aromatic N) is 1. The summed E-state index contributed by atoms with van der Waals surface area (Å²) >= 11 is 3.44. The number of amides is 1. The minimum absolute atomic E-state index is 0.0929. The van der Waals surface area contributed by atoms with Crippen LogP contribution in [0.5, 0.6) is 0 Å². The van der Waals surface area contributed by atoms with E-state index in [1.807, 2.05) is 42.5 Å². The van der Waals surface area contributed by atoms with E-state index < -0.39 is 0 Å². The van der Waals surface area contributed by atoms with Crippen molar-refractivity contribution in [3.8, 4) is 0 Å². The molecule has 1 aliphatic heterocycles. The number of quaternary nitrogens is 1. The van der Waals surface area contributed by atoms with E-state index in [4.69, 9.17) is 0 Å². The summed E-state index contributed by atoms with van der Waals surface area (Å²) in [5, 5.41) is 3.06. The summed E-state index contributed by atoms with van der Waals surface area (Å²) in [6, 6.07) is 15.5. The van der Waals surface area contributed by atoms with Gasteiger partial charge in [-0.1, -0.05) is 24.3 Å². The van der Waals surface area contributed by atoms with Gasteiger partial charge >= 0.3 is 0 Å². The van der Waals surface area contributed by atoms with Crippen LogP contribution in [0.3, 0.4) is 0 Å². The highest BCUT2D eigenvalue weighted by Gasteiger charge is 2.20. The molecule has 0 unspecified atom stereocenters. The minimum Gasteiger partial charge on any atom is -0.359 e. The Morgan fingerprint density at radius 2 is 1.74 bits per heavy atom. The first kappa shape index (κ1) is 16.0. The number of halogens is 1. The van der Waals surface area contributed by atoms with Crippen molar-refractivity contribution >= 4 is 33.2 Å². The molecular weight excluding hydrogens is 354 g/mol. The SMILES string of the molecule is C[NH+]1CCN(c2ccccc2NC(=O)c2ccccc2Br)CC1. The van der Waals surface area contributed by atoms with Crippen LogP contribution < -0.4 is 15.1 Å². The van der Waals surface area contributed by atoms with Gasteiger partial charge in [0.25, 0.3) is 5.91 Å². The lowest BCUT2D eigenvalue weighted by molar-refractivity contribution is -0.880. The van der Waals surface area contributed by atoms with Crippen molar-refractivity contribution in [3.05, 3.63) is 58.6 Å². The van der Waals surface area contributed by atoms with Gasteiger partial charge < -0.3 is 15.1 Å². The van der Waals surface area contributed by atoms with Crippen LogP contribution in [0.1, 0.15) is 10.4 Å². The molecule has 23 heavy (non-hydrogen) atoms. The number of hydrogen-bond donors (Lipinski definition) is 2. The first-order valence-corrected chi connectivity index (χ1v) is 8.65. The summed E-state index contributed by atoms with van der Waals surface area (Å²) in [6.07, 6.45) is 0. The zero-order valence-corrected chi connectivity index (χ0v) is 14.8. The molecule has 2 aromatic rings. The van der Waals surface area contributed by atoms with Gasteiger partial charge in [-0.15, -0.1) is 0 Å². The first-order chi connectivity index (χ1) is 11.1. The van der Waals surface area contributed by atoms with Gasteiger partial charge in [-0.25, -0.2) is 0 Å². The van der Waals surface area contributed by atoms with Gasteiger partial charge in [0.05, 0.1) is 50.2 Å². The van der Waals surface area contributed by atoms with Crippen molar-refractivity contribution in [1.29, 1.82) is 0 Å². The van der Waals surface area contributed by atoms with E-state index >= 15 is 0 Å². The van der Waals surface area contributed by atoms with E-state index in [-0.39, 0.29) is 5.91 Å². The Bertz CT molecular complexity index is 696. The predicted octanol–water partition coefficient (Wildman–Crippen LogP) is 2.04. The van der Waals surface area contributed by atoms with E-state index in [2.05, 4.69) is 39.3 Å². The number of nitrogens with one attached hydrogen (secondary N) is 2. The quantitative estimate of drug-likeness (QED) is 0.862. The second-order valence-corrected chi connectivity index (χ2v) is 6.75. The maximum Gasteiger partial charge on any atom is 0.256 e. The van der Waals surface area contributed by atoms with Crippen LogP contribution in [0.25, 0.3) is 0 Å². The smallest absolute Gasteiger partial charge is 0.256 e. The maximum absolute atomic E-state index is 12.6. The average molecular weight is 375 g/mol. The monoisotopic (exact) mass is 374 g/mol. The zero-order valence-electron chi connectivity index (χ0n) is 13.2. The molecule has 0 aliphatic carbocycles. The molecule has 2 aromatic carbocycles. The summed E-state index contributed by atoms with van der Waals surface area (Å²) in [5.41, 5.74) is 2.61. The Balaban J connectivity index is 1.81. The van der Waals surface area contributed by atoms with Gasteiger partial charge in [0, 0.05) is 4.47 Å². The molecule has 5 heteroatoms. The highest BCUT2D eigenvalue weighted by atomic mass is 79.9. The van der Waals surface area contributed by atoms with Crippen molar-refractivity contribution in [3.63, 3.8) is 0 Å². The average Bonchev–Trinajstić information content (AvgIpc) is 2.56. The molecule has 0 aromatic heterocycles. The lowest BCUT2D eigenvalue weighted by Gasteiger charge is -2.33. The van der Waals surface area contributed by atoms with E-state index in [9.17, 15) is 4.79 Å². The van der Waals surface area contributed by atoms with Crippen LogP contribution in [-0.2, 0) is 0 Å². The summed E-state index contributed by atoms with van der Waals surface area (Å²) in [4.78, 5) is 16.5. The molecule has 3 rings (SSSR count). The fourth-order valence-corrected chi connectivity index (χ4v) is 3.28. The molecular formula is C18H21BrN3O+. The van der Waals surface area contributed by atoms with E-state index in [1.165, 1.54) is 0 Å². The van der Waals surface area contributed by atoms with Crippen molar-refractivity contribution < 1.29 is 9.69 Å². The summed E-state index contributed by atoms with van der Waals surface area (Å²) in [5.74, 6) is -0.0929. The van der Waals surface area contributed by atoms with Gasteiger partial charge in [0.1, 0.15) is 0 Å². The van der Waals surface area contributed by atoms with E-state index in [1.54, 1.807) is 4.90 Å².